The summed E-state index contributed by atoms with van der Waals surface area (Å²) in [5.41, 5.74) is 7.78. The van der Waals surface area contributed by atoms with Gasteiger partial charge in [0.15, 0.2) is 0 Å². The quantitative estimate of drug-likeness (QED) is 0.846. The first-order valence-electron chi connectivity index (χ1n) is 6.01. The normalized spacial score (nSPS) is 18.9. The lowest BCUT2D eigenvalue weighted by atomic mass is 10.0. The Morgan fingerprint density at radius 2 is 2.12 bits per heavy atom. The number of ether oxygens (including phenoxy) is 1. The summed E-state index contributed by atoms with van der Waals surface area (Å²) in [5.74, 6) is 0. The predicted molar refractivity (Wildman–Crippen MR) is 64.0 cm³/mol. The maximum absolute atomic E-state index is 5.99. The van der Waals surface area contributed by atoms with Crippen molar-refractivity contribution in [1.82, 2.24) is 4.98 Å². The maximum Gasteiger partial charge on any atom is 0.0896 e. The first kappa shape index (κ1) is 11.6. The lowest BCUT2D eigenvalue weighted by molar-refractivity contribution is -0.0461. The molecule has 16 heavy (non-hydrogen) atoms. The van der Waals surface area contributed by atoms with E-state index in [9.17, 15) is 0 Å². The lowest BCUT2D eigenvalue weighted by Gasteiger charge is -2.27. The zero-order chi connectivity index (χ0) is 11.4. The third-order valence-corrected chi connectivity index (χ3v) is 3.36. The van der Waals surface area contributed by atoms with Gasteiger partial charge in [0.05, 0.1) is 17.9 Å². The van der Waals surface area contributed by atoms with Crippen LogP contribution in [-0.4, -0.2) is 17.1 Å². The van der Waals surface area contributed by atoms with Crippen LogP contribution in [0, 0.1) is 6.92 Å². The largest absolute Gasteiger partial charge is 0.367 e. The summed E-state index contributed by atoms with van der Waals surface area (Å²) in [5, 5.41) is 0. The number of aryl methyl sites for hydroxylation is 1. The number of hydrogen-bond donors (Lipinski definition) is 1. The number of pyridine rings is 1. The van der Waals surface area contributed by atoms with Gasteiger partial charge in [-0.25, -0.2) is 0 Å². The molecule has 0 spiro atoms. The molecule has 3 heteroatoms. The Bertz CT molecular complexity index is 346. The topological polar surface area (TPSA) is 48.1 Å². The lowest BCUT2D eigenvalue weighted by Crippen LogP contribution is -2.37. The van der Waals surface area contributed by atoms with Crippen molar-refractivity contribution in [2.45, 2.75) is 44.8 Å². The van der Waals surface area contributed by atoms with Crippen molar-refractivity contribution in [3.63, 3.8) is 0 Å². The average molecular weight is 220 g/mol. The van der Waals surface area contributed by atoms with Crippen molar-refractivity contribution in [1.29, 1.82) is 0 Å². The summed E-state index contributed by atoms with van der Waals surface area (Å²) in [4.78, 5) is 4.43. The summed E-state index contributed by atoms with van der Waals surface area (Å²) in [6.45, 7) is 3.20. The molecule has 0 unspecified atom stereocenters. The molecule has 0 aliphatic heterocycles. The Morgan fingerprint density at radius 3 is 2.75 bits per heavy atom. The van der Waals surface area contributed by atoms with Crippen LogP contribution in [0.5, 0.6) is 0 Å². The first-order chi connectivity index (χ1) is 7.74. The van der Waals surface area contributed by atoms with Crippen LogP contribution in [0.3, 0.4) is 0 Å². The highest BCUT2D eigenvalue weighted by atomic mass is 16.5. The molecule has 1 aliphatic carbocycles. The average Bonchev–Trinajstić information content (AvgIpc) is 2.76. The van der Waals surface area contributed by atoms with Gasteiger partial charge in [-0.05, 0) is 31.9 Å². The molecule has 2 rings (SSSR count). The molecular weight excluding hydrogens is 200 g/mol. The van der Waals surface area contributed by atoms with Crippen LogP contribution in [0.4, 0.5) is 0 Å². The van der Waals surface area contributed by atoms with E-state index in [0.717, 1.165) is 24.2 Å². The Balaban J connectivity index is 1.95. The molecule has 1 aliphatic rings. The van der Waals surface area contributed by atoms with Gasteiger partial charge >= 0.3 is 0 Å². The molecule has 1 saturated carbocycles. The number of hydrogen-bond acceptors (Lipinski definition) is 3. The Hall–Kier alpha value is -0.930. The molecule has 1 aromatic rings. The van der Waals surface area contributed by atoms with Gasteiger partial charge in [0.25, 0.3) is 0 Å². The minimum atomic E-state index is -0.0780. The highest BCUT2D eigenvalue weighted by Crippen LogP contribution is 2.32. The predicted octanol–water partition coefficient (Wildman–Crippen LogP) is 2.18. The summed E-state index contributed by atoms with van der Waals surface area (Å²) >= 11 is 0. The highest BCUT2D eigenvalue weighted by molar-refractivity contribution is 5.09. The van der Waals surface area contributed by atoms with Crippen LogP contribution < -0.4 is 5.73 Å². The van der Waals surface area contributed by atoms with Gasteiger partial charge in [-0.1, -0.05) is 18.9 Å². The van der Waals surface area contributed by atoms with E-state index in [2.05, 4.69) is 4.98 Å². The second-order valence-electron chi connectivity index (χ2n) is 4.65. The zero-order valence-corrected chi connectivity index (χ0v) is 9.91. The van der Waals surface area contributed by atoms with Gasteiger partial charge in [-0.2, -0.15) is 0 Å². The van der Waals surface area contributed by atoms with Crippen LogP contribution in [0.2, 0.25) is 0 Å². The summed E-state index contributed by atoms with van der Waals surface area (Å²) in [7, 11) is 0. The second-order valence-corrected chi connectivity index (χ2v) is 4.65. The number of nitrogens with two attached hydrogens (primary N) is 1. The van der Waals surface area contributed by atoms with Gasteiger partial charge in [0, 0.05) is 12.2 Å². The molecular formula is C13H20N2O. The smallest absolute Gasteiger partial charge is 0.0896 e. The fraction of sp³-hybridized carbons (Fsp3) is 0.615. The van der Waals surface area contributed by atoms with Crippen molar-refractivity contribution in [3.8, 4) is 0 Å². The van der Waals surface area contributed by atoms with E-state index >= 15 is 0 Å². The second kappa shape index (κ2) is 4.93. The molecule has 0 radical (unpaired) electrons. The third-order valence-electron chi connectivity index (χ3n) is 3.36. The Morgan fingerprint density at radius 1 is 1.38 bits per heavy atom. The molecule has 3 nitrogen and oxygen atoms in total. The minimum Gasteiger partial charge on any atom is -0.367 e. The SMILES string of the molecule is Cc1cccc(COC2(CN)CCCC2)n1. The van der Waals surface area contributed by atoms with Gasteiger partial charge < -0.3 is 10.5 Å². The molecule has 88 valence electrons. The van der Waals surface area contributed by atoms with Crippen molar-refractivity contribution < 1.29 is 4.74 Å². The van der Waals surface area contributed by atoms with E-state index in [-0.39, 0.29) is 5.60 Å². The molecule has 0 atom stereocenters. The van der Waals surface area contributed by atoms with E-state index in [1.807, 2.05) is 25.1 Å². The summed E-state index contributed by atoms with van der Waals surface area (Å²) in [6, 6.07) is 6.02. The van der Waals surface area contributed by atoms with Crippen molar-refractivity contribution >= 4 is 0 Å². The van der Waals surface area contributed by atoms with Gasteiger partial charge in [0.1, 0.15) is 0 Å². The monoisotopic (exact) mass is 220 g/mol. The third kappa shape index (κ3) is 2.60. The van der Waals surface area contributed by atoms with Crippen LogP contribution >= 0.6 is 0 Å². The summed E-state index contributed by atoms with van der Waals surface area (Å²) < 4.78 is 5.99. The van der Waals surface area contributed by atoms with E-state index in [4.69, 9.17) is 10.5 Å². The maximum atomic E-state index is 5.99. The van der Waals surface area contributed by atoms with Gasteiger partial charge in [-0.3, -0.25) is 4.98 Å². The van der Waals surface area contributed by atoms with Crippen molar-refractivity contribution in [2.24, 2.45) is 5.73 Å². The fourth-order valence-electron chi connectivity index (χ4n) is 2.33. The molecule has 0 amide bonds. The summed E-state index contributed by atoms with van der Waals surface area (Å²) in [6.07, 6.45) is 4.65. The zero-order valence-electron chi connectivity index (χ0n) is 9.91. The number of nitrogens with zero attached hydrogens (tertiary/aromatic N) is 1. The minimum absolute atomic E-state index is 0.0780. The Kier molecular flexibility index (Phi) is 3.56. The van der Waals surface area contributed by atoms with Crippen LogP contribution in [0.1, 0.15) is 37.1 Å². The molecule has 0 bridgehead atoms. The van der Waals surface area contributed by atoms with E-state index < -0.39 is 0 Å². The standard InChI is InChI=1S/C13H20N2O/c1-11-5-4-6-12(15-11)9-16-13(10-14)7-2-3-8-13/h4-6H,2-3,7-10,14H2,1H3. The molecule has 2 N–H and O–H groups in total. The van der Waals surface area contributed by atoms with Crippen molar-refractivity contribution in [2.75, 3.05) is 6.54 Å². The molecule has 1 heterocycles. The van der Waals surface area contributed by atoms with Gasteiger partial charge in [0.2, 0.25) is 0 Å². The fourth-order valence-corrected chi connectivity index (χ4v) is 2.33. The Labute approximate surface area is 97.0 Å². The first-order valence-corrected chi connectivity index (χ1v) is 6.01. The van der Waals surface area contributed by atoms with Crippen molar-refractivity contribution in [3.05, 3.63) is 29.6 Å². The van der Waals surface area contributed by atoms with Crippen LogP contribution in [0.25, 0.3) is 0 Å². The van der Waals surface area contributed by atoms with E-state index in [1.54, 1.807) is 0 Å². The molecule has 1 fully saturated rings. The van der Waals surface area contributed by atoms with Crippen LogP contribution in [0.15, 0.2) is 18.2 Å². The van der Waals surface area contributed by atoms with Crippen LogP contribution in [-0.2, 0) is 11.3 Å². The molecule has 0 aromatic carbocycles. The van der Waals surface area contributed by atoms with E-state index in [0.29, 0.717) is 13.2 Å². The molecule has 0 saturated heterocycles. The number of aromatic nitrogens is 1. The van der Waals surface area contributed by atoms with E-state index in [1.165, 1.54) is 12.8 Å². The highest BCUT2D eigenvalue weighted by Gasteiger charge is 2.33. The molecule has 1 aromatic heterocycles. The number of rotatable bonds is 4. The van der Waals surface area contributed by atoms with Gasteiger partial charge in [-0.15, -0.1) is 0 Å².